The third kappa shape index (κ3) is 4.10. The second kappa shape index (κ2) is 7.31. The Morgan fingerprint density at radius 1 is 1.57 bits per heavy atom. The van der Waals surface area contributed by atoms with Crippen molar-refractivity contribution < 1.29 is 10.0 Å². The Morgan fingerprint density at radius 2 is 2.38 bits per heavy atom. The molecule has 4 N–H and O–H groups in total. The lowest BCUT2D eigenvalue weighted by atomic mass is 10.2. The molecule has 0 aromatic carbocycles. The lowest BCUT2D eigenvalue weighted by molar-refractivity contribution is 0.0933. The number of hydrogen-bond acceptors (Lipinski definition) is 5. The van der Waals surface area contributed by atoms with Gasteiger partial charge < -0.3 is 16.3 Å². The number of nitrogens with two attached hydrogens (primary N) is 1. The molecular weight excluding hydrogens is 288 g/mol. The maximum absolute atomic E-state index is 12.1. The number of rotatable bonds is 5. The molecule has 1 aliphatic carbocycles. The largest absolute Gasteiger partial charge is 0.409 e. The highest BCUT2D eigenvalue weighted by Crippen LogP contribution is 2.29. The summed E-state index contributed by atoms with van der Waals surface area (Å²) in [5.41, 5.74) is 6.28. The van der Waals surface area contributed by atoms with Crippen LogP contribution in [0, 0.1) is 0 Å². The summed E-state index contributed by atoms with van der Waals surface area (Å²) in [5, 5.41) is 15.1. The number of nitrogens with one attached hydrogen (secondary N) is 1. The first-order valence-corrected chi connectivity index (χ1v) is 8.05. The number of aromatic nitrogens is 1. The van der Waals surface area contributed by atoms with E-state index in [4.69, 9.17) is 10.9 Å². The predicted octanol–water partition coefficient (Wildman–Crippen LogP) is 1.58. The maximum atomic E-state index is 12.1. The van der Waals surface area contributed by atoms with Gasteiger partial charge in [0.2, 0.25) is 0 Å². The molecule has 7 heteroatoms. The number of hydrogen-bond donors (Lipinski definition) is 3. The van der Waals surface area contributed by atoms with Crippen LogP contribution in [0.15, 0.2) is 23.5 Å². The van der Waals surface area contributed by atoms with Crippen LogP contribution in [0.2, 0.25) is 0 Å². The van der Waals surface area contributed by atoms with Crippen molar-refractivity contribution in [1.29, 1.82) is 0 Å². The second-order valence-electron chi connectivity index (χ2n) is 4.98. The standard InChI is InChI=1S/C14H20N4O2S/c1-2-21-11-5-4-10(7-11)17-14(19)12-6-3-9(8-16-12)13(15)18-20/h3,6,8,10-11,20H,2,4-5,7H2,1H3,(H2,15,18)(H,17,19). The zero-order chi connectivity index (χ0) is 15.2. The zero-order valence-corrected chi connectivity index (χ0v) is 12.8. The van der Waals surface area contributed by atoms with Gasteiger partial charge >= 0.3 is 0 Å². The Bertz CT molecular complexity index is 518. The fourth-order valence-corrected chi connectivity index (χ4v) is 3.60. The van der Waals surface area contributed by atoms with Gasteiger partial charge in [-0.1, -0.05) is 12.1 Å². The minimum atomic E-state index is -0.173. The molecule has 1 heterocycles. The van der Waals surface area contributed by atoms with Crippen LogP contribution < -0.4 is 11.1 Å². The molecule has 1 amide bonds. The molecule has 1 aromatic heterocycles. The quantitative estimate of drug-likeness (QED) is 0.332. The van der Waals surface area contributed by atoms with Gasteiger partial charge in [0, 0.05) is 23.1 Å². The third-order valence-electron chi connectivity index (χ3n) is 3.52. The summed E-state index contributed by atoms with van der Waals surface area (Å²) in [4.78, 5) is 16.2. The molecule has 1 saturated carbocycles. The van der Waals surface area contributed by atoms with E-state index in [1.807, 2.05) is 11.8 Å². The van der Waals surface area contributed by atoms with Gasteiger partial charge in [-0.15, -0.1) is 0 Å². The first kappa shape index (κ1) is 15.6. The first-order chi connectivity index (χ1) is 10.1. The first-order valence-electron chi connectivity index (χ1n) is 7.00. The van der Waals surface area contributed by atoms with E-state index in [0.717, 1.165) is 25.0 Å². The average molecular weight is 308 g/mol. The number of thioether (sulfide) groups is 1. The number of nitrogens with zero attached hydrogens (tertiary/aromatic N) is 2. The lowest BCUT2D eigenvalue weighted by Crippen LogP contribution is -2.33. The zero-order valence-electron chi connectivity index (χ0n) is 12.0. The summed E-state index contributed by atoms with van der Waals surface area (Å²) >= 11 is 1.96. The predicted molar refractivity (Wildman–Crippen MR) is 83.8 cm³/mol. The van der Waals surface area contributed by atoms with E-state index in [2.05, 4.69) is 22.4 Å². The van der Waals surface area contributed by atoms with Gasteiger partial charge in [-0.2, -0.15) is 11.8 Å². The molecule has 1 aliphatic rings. The average Bonchev–Trinajstić information content (AvgIpc) is 2.94. The van der Waals surface area contributed by atoms with Crippen LogP contribution in [-0.2, 0) is 0 Å². The van der Waals surface area contributed by atoms with Gasteiger partial charge in [0.15, 0.2) is 5.84 Å². The smallest absolute Gasteiger partial charge is 0.270 e. The van der Waals surface area contributed by atoms with Crippen molar-refractivity contribution in [1.82, 2.24) is 10.3 Å². The molecule has 0 saturated heterocycles. The van der Waals surface area contributed by atoms with E-state index >= 15 is 0 Å². The van der Waals surface area contributed by atoms with E-state index in [9.17, 15) is 4.79 Å². The molecule has 6 nitrogen and oxygen atoms in total. The Kier molecular flexibility index (Phi) is 5.44. The normalized spacial score (nSPS) is 22.2. The molecule has 2 rings (SSSR count). The van der Waals surface area contributed by atoms with Crippen LogP contribution >= 0.6 is 11.8 Å². The maximum Gasteiger partial charge on any atom is 0.270 e. The van der Waals surface area contributed by atoms with E-state index in [-0.39, 0.29) is 17.8 Å². The second-order valence-corrected chi connectivity index (χ2v) is 6.56. The van der Waals surface area contributed by atoms with Crippen molar-refractivity contribution in [3.8, 4) is 0 Å². The van der Waals surface area contributed by atoms with Gasteiger partial charge in [0.1, 0.15) is 5.69 Å². The summed E-state index contributed by atoms with van der Waals surface area (Å²) in [5.74, 6) is 0.917. The molecular formula is C14H20N4O2S. The van der Waals surface area contributed by atoms with E-state index < -0.39 is 0 Å². The van der Waals surface area contributed by atoms with Gasteiger partial charge in [0.05, 0.1) is 0 Å². The van der Waals surface area contributed by atoms with E-state index in [1.54, 1.807) is 12.1 Å². The molecule has 21 heavy (non-hydrogen) atoms. The highest BCUT2D eigenvalue weighted by molar-refractivity contribution is 7.99. The molecule has 0 aliphatic heterocycles. The molecule has 0 bridgehead atoms. The number of carbonyl (C=O) groups excluding carboxylic acids is 1. The van der Waals surface area contributed by atoms with Gasteiger partial charge in [-0.3, -0.25) is 9.78 Å². The summed E-state index contributed by atoms with van der Waals surface area (Å²) in [6.07, 6.45) is 4.62. The summed E-state index contributed by atoms with van der Waals surface area (Å²) < 4.78 is 0. The molecule has 2 atom stereocenters. The van der Waals surface area contributed by atoms with Crippen LogP contribution in [0.5, 0.6) is 0 Å². The van der Waals surface area contributed by atoms with Gasteiger partial charge in [0.25, 0.3) is 5.91 Å². The SMILES string of the molecule is CCSC1CCC(NC(=O)c2ccc(/C(N)=N/O)cn2)C1. The molecule has 1 fully saturated rings. The van der Waals surface area contributed by atoms with Crippen LogP contribution in [0.1, 0.15) is 42.2 Å². The highest BCUT2D eigenvalue weighted by Gasteiger charge is 2.26. The number of carbonyl (C=O) groups is 1. The van der Waals surface area contributed by atoms with E-state index in [0.29, 0.717) is 16.5 Å². The summed E-state index contributed by atoms with van der Waals surface area (Å²) in [6.45, 7) is 2.16. The summed E-state index contributed by atoms with van der Waals surface area (Å²) in [6, 6.07) is 3.42. The van der Waals surface area contributed by atoms with Crippen molar-refractivity contribution in [3.05, 3.63) is 29.6 Å². The van der Waals surface area contributed by atoms with Crippen molar-refractivity contribution in [2.75, 3.05) is 5.75 Å². The fourth-order valence-electron chi connectivity index (χ4n) is 2.46. The van der Waals surface area contributed by atoms with Crippen molar-refractivity contribution in [2.24, 2.45) is 10.9 Å². The fraction of sp³-hybridized carbons (Fsp3) is 0.500. The van der Waals surface area contributed by atoms with Crippen molar-refractivity contribution in [2.45, 2.75) is 37.5 Å². The number of pyridine rings is 1. The number of amides is 1. The minimum absolute atomic E-state index is 0.0234. The Hall–Kier alpha value is -1.76. The molecule has 2 unspecified atom stereocenters. The monoisotopic (exact) mass is 308 g/mol. The van der Waals surface area contributed by atoms with E-state index in [1.165, 1.54) is 6.20 Å². The Balaban J connectivity index is 1.92. The molecule has 0 spiro atoms. The topological polar surface area (TPSA) is 101 Å². The van der Waals surface area contributed by atoms with Crippen LogP contribution in [-0.4, -0.2) is 39.0 Å². The number of amidine groups is 1. The Labute approximate surface area is 128 Å². The van der Waals surface area contributed by atoms with Crippen LogP contribution in [0.25, 0.3) is 0 Å². The van der Waals surface area contributed by atoms with Crippen molar-refractivity contribution >= 4 is 23.5 Å². The van der Waals surface area contributed by atoms with Crippen molar-refractivity contribution in [3.63, 3.8) is 0 Å². The Morgan fingerprint density at radius 3 is 3.00 bits per heavy atom. The van der Waals surface area contributed by atoms with Crippen LogP contribution in [0.3, 0.4) is 0 Å². The lowest BCUT2D eigenvalue weighted by Gasteiger charge is -2.12. The minimum Gasteiger partial charge on any atom is -0.409 e. The van der Waals surface area contributed by atoms with Crippen LogP contribution in [0.4, 0.5) is 0 Å². The van der Waals surface area contributed by atoms with Gasteiger partial charge in [-0.05, 0) is 37.1 Å². The highest BCUT2D eigenvalue weighted by atomic mass is 32.2. The number of oxime groups is 1. The molecule has 114 valence electrons. The molecule has 0 radical (unpaired) electrons. The van der Waals surface area contributed by atoms with Gasteiger partial charge in [-0.25, -0.2) is 0 Å². The summed E-state index contributed by atoms with van der Waals surface area (Å²) in [7, 11) is 0. The molecule has 1 aromatic rings. The third-order valence-corrected chi connectivity index (χ3v) is 4.75.